The highest BCUT2D eigenvalue weighted by atomic mass is 16.3. The molecule has 1 aromatic heterocycles. The summed E-state index contributed by atoms with van der Waals surface area (Å²) in [6.07, 6.45) is 0. The number of benzene rings is 2. The smallest absolute Gasteiger partial charge is 0.204 e. The van der Waals surface area contributed by atoms with Crippen LogP contribution in [0.25, 0.3) is 11.1 Å². The molecule has 1 atom stereocenters. The molecule has 0 aliphatic heterocycles. The Bertz CT molecular complexity index is 688. The van der Waals surface area contributed by atoms with E-state index in [4.69, 9.17) is 10.2 Å². The molecule has 0 amide bonds. The lowest BCUT2D eigenvalue weighted by molar-refractivity contribution is 0.502. The Morgan fingerprint density at radius 1 is 1.16 bits per heavy atom. The number of nitrogens with two attached hydrogens (primary N) is 1. The number of oxazole rings is 1. The third-order valence-electron chi connectivity index (χ3n) is 3.30. The van der Waals surface area contributed by atoms with E-state index in [1.165, 1.54) is 5.56 Å². The van der Waals surface area contributed by atoms with Crippen molar-refractivity contribution in [3.8, 4) is 0 Å². The fourth-order valence-corrected chi connectivity index (χ4v) is 2.26. The second kappa shape index (κ2) is 4.86. The average molecular weight is 252 g/mol. The van der Waals surface area contributed by atoms with E-state index in [2.05, 4.69) is 17.1 Å². The van der Waals surface area contributed by atoms with Crippen molar-refractivity contribution < 1.29 is 4.42 Å². The zero-order valence-electron chi connectivity index (χ0n) is 10.8. The fourth-order valence-electron chi connectivity index (χ4n) is 2.26. The largest absolute Gasteiger partial charge is 0.440 e. The summed E-state index contributed by atoms with van der Waals surface area (Å²) in [5, 5.41) is 0. The Balaban J connectivity index is 2.07. The second-order valence-electron chi connectivity index (χ2n) is 4.72. The number of aryl methyl sites for hydroxylation is 1. The van der Waals surface area contributed by atoms with E-state index in [0.29, 0.717) is 12.4 Å². The molecule has 96 valence electrons. The fraction of sp³-hybridized carbons (Fsp3) is 0.188. The number of rotatable bonds is 3. The normalized spacial score (nSPS) is 12.7. The van der Waals surface area contributed by atoms with Gasteiger partial charge in [0.1, 0.15) is 5.52 Å². The molecule has 0 aliphatic carbocycles. The third kappa shape index (κ3) is 2.25. The van der Waals surface area contributed by atoms with E-state index in [0.717, 1.165) is 16.7 Å². The van der Waals surface area contributed by atoms with Gasteiger partial charge in [0, 0.05) is 6.54 Å². The van der Waals surface area contributed by atoms with Crippen LogP contribution >= 0.6 is 0 Å². The van der Waals surface area contributed by atoms with Gasteiger partial charge in [-0.05, 0) is 30.2 Å². The molecular formula is C16H16N2O. The van der Waals surface area contributed by atoms with Crippen molar-refractivity contribution >= 4 is 11.1 Å². The molecule has 0 saturated carbocycles. The van der Waals surface area contributed by atoms with Gasteiger partial charge in [0.15, 0.2) is 5.58 Å². The molecule has 0 fully saturated rings. The lowest BCUT2D eigenvalue weighted by Crippen LogP contribution is -2.14. The van der Waals surface area contributed by atoms with Crippen LogP contribution in [-0.2, 0) is 0 Å². The molecule has 1 unspecified atom stereocenters. The van der Waals surface area contributed by atoms with Crippen LogP contribution in [0.15, 0.2) is 52.9 Å². The Morgan fingerprint density at radius 2 is 1.95 bits per heavy atom. The Morgan fingerprint density at radius 3 is 2.68 bits per heavy atom. The van der Waals surface area contributed by atoms with Gasteiger partial charge in [-0.3, -0.25) is 0 Å². The molecule has 0 radical (unpaired) electrons. The van der Waals surface area contributed by atoms with Gasteiger partial charge >= 0.3 is 0 Å². The molecule has 2 aromatic carbocycles. The number of fused-ring (bicyclic) bond motifs is 1. The summed E-state index contributed by atoms with van der Waals surface area (Å²) in [6.45, 7) is 2.52. The van der Waals surface area contributed by atoms with Crippen molar-refractivity contribution in [2.24, 2.45) is 5.73 Å². The van der Waals surface area contributed by atoms with Crippen molar-refractivity contribution in [2.75, 3.05) is 6.54 Å². The van der Waals surface area contributed by atoms with E-state index in [9.17, 15) is 0 Å². The first-order valence-corrected chi connectivity index (χ1v) is 6.40. The zero-order chi connectivity index (χ0) is 13.2. The summed E-state index contributed by atoms with van der Waals surface area (Å²) in [7, 11) is 0. The van der Waals surface area contributed by atoms with Crippen LogP contribution < -0.4 is 5.73 Å². The summed E-state index contributed by atoms with van der Waals surface area (Å²) in [4.78, 5) is 4.55. The molecule has 1 heterocycles. The van der Waals surface area contributed by atoms with E-state index in [1.807, 2.05) is 43.3 Å². The maximum Gasteiger partial charge on any atom is 0.204 e. The summed E-state index contributed by atoms with van der Waals surface area (Å²) in [5.41, 5.74) is 9.89. The summed E-state index contributed by atoms with van der Waals surface area (Å²) in [6, 6.07) is 16.1. The monoisotopic (exact) mass is 252 g/mol. The lowest BCUT2D eigenvalue weighted by Gasteiger charge is -2.10. The van der Waals surface area contributed by atoms with Gasteiger partial charge in [-0.2, -0.15) is 0 Å². The summed E-state index contributed by atoms with van der Waals surface area (Å²) < 4.78 is 5.87. The molecule has 2 N–H and O–H groups in total. The van der Waals surface area contributed by atoms with Crippen LogP contribution in [0.2, 0.25) is 0 Å². The van der Waals surface area contributed by atoms with Crippen molar-refractivity contribution in [1.82, 2.24) is 4.98 Å². The average Bonchev–Trinajstić information content (AvgIpc) is 2.83. The highest BCUT2D eigenvalue weighted by Crippen LogP contribution is 2.26. The van der Waals surface area contributed by atoms with Crippen LogP contribution in [0.5, 0.6) is 0 Å². The molecule has 3 nitrogen and oxygen atoms in total. The summed E-state index contributed by atoms with van der Waals surface area (Å²) >= 11 is 0. The second-order valence-corrected chi connectivity index (χ2v) is 4.72. The van der Waals surface area contributed by atoms with Gasteiger partial charge in [0.05, 0.1) is 5.92 Å². The van der Waals surface area contributed by atoms with Crippen molar-refractivity contribution in [3.63, 3.8) is 0 Å². The Hall–Kier alpha value is -2.13. The Labute approximate surface area is 112 Å². The van der Waals surface area contributed by atoms with E-state index in [1.54, 1.807) is 0 Å². The number of hydrogen-bond donors (Lipinski definition) is 1. The van der Waals surface area contributed by atoms with E-state index < -0.39 is 0 Å². The molecule has 3 aromatic rings. The third-order valence-corrected chi connectivity index (χ3v) is 3.30. The quantitative estimate of drug-likeness (QED) is 0.778. The maximum absolute atomic E-state index is 5.89. The van der Waals surface area contributed by atoms with Crippen LogP contribution in [0.1, 0.15) is 22.9 Å². The first kappa shape index (κ1) is 11.9. The van der Waals surface area contributed by atoms with Crippen molar-refractivity contribution in [2.45, 2.75) is 12.8 Å². The standard InChI is InChI=1S/C16H16N2O/c1-11-7-8-14-15(9-11)19-16(18-14)13(10-17)12-5-3-2-4-6-12/h2-9,13H,10,17H2,1H3. The minimum atomic E-state index is 0.00825. The van der Waals surface area contributed by atoms with Gasteiger partial charge in [-0.25, -0.2) is 4.98 Å². The van der Waals surface area contributed by atoms with Gasteiger partial charge < -0.3 is 10.2 Å². The molecule has 0 aliphatic rings. The Kier molecular flexibility index (Phi) is 3.05. The first-order valence-electron chi connectivity index (χ1n) is 6.40. The topological polar surface area (TPSA) is 52.0 Å². The van der Waals surface area contributed by atoms with Gasteiger partial charge in [0.2, 0.25) is 5.89 Å². The molecule has 3 rings (SSSR count). The molecule has 19 heavy (non-hydrogen) atoms. The molecule has 0 spiro atoms. The highest BCUT2D eigenvalue weighted by molar-refractivity contribution is 5.73. The maximum atomic E-state index is 5.89. The molecule has 0 saturated heterocycles. The van der Waals surface area contributed by atoms with Crippen LogP contribution in [0.3, 0.4) is 0 Å². The minimum absolute atomic E-state index is 0.00825. The molecule has 3 heteroatoms. The van der Waals surface area contributed by atoms with Crippen LogP contribution in [0, 0.1) is 6.92 Å². The molecular weight excluding hydrogens is 236 g/mol. The van der Waals surface area contributed by atoms with Gasteiger partial charge in [-0.15, -0.1) is 0 Å². The van der Waals surface area contributed by atoms with E-state index in [-0.39, 0.29) is 5.92 Å². The summed E-state index contributed by atoms with van der Waals surface area (Å²) in [5.74, 6) is 0.697. The van der Waals surface area contributed by atoms with Crippen molar-refractivity contribution in [1.29, 1.82) is 0 Å². The number of nitrogens with zero attached hydrogens (tertiary/aromatic N) is 1. The SMILES string of the molecule is Cc1ccc2nc(C(CN)c3ccccc3)oc2c1. The predicted octanol–water partition coefficient (Wildman–Crippen LogP) is 3.23. The zero-order valence-corrected chi connectivity index (χ0v) is 10.8. The van der Waals surface area contributed by atoms with Crippen molar-refractivity contribution in [3.05, 3.63) is 65.5 Å². The number of aromatic nitrogens is 1. The minimum Gasteiger partial charge on any atom is -0.440 e. The van der Waals surface area contributed by atoms with Crippen LogP contribution in [0.4, 0.5) is 0 Å². The van der Waals surface area contributed by atoms with Crippen LogP contribution in [-0.4, -0.2) is 11.5 Å². The van der Waals surface area contributed by atoms with Gasteiger partial charge in [0.25, 0.3) is 0 Å². The lowest BCUT2D eigenvalue weighted by atomic mass is 9.99. The van der Waals surface area contributed by atoms with Gasteiger partial charge in [-0.1, -0.05) is 36.4 Å². The number of hydrogen-bond acceptors (Lipinski definition) is 3. The predicted molar refractivity (Wildman–Crippen MR) is 76.1 cm³/mol. The highest BCUT2D eigenvalue weighted by Gasteiger charge is 2.18. The first-order chi connectivity index (χ1) is 9.28. The van der Waals surface area contributed by atoms with E-state index >= 15 is 0 Å². The molecule has 0 bridgehead atoms.